The molecule has 0 bridgehead atoms. The Kier molecular flexibility index (Phi) is 2.74. The molecule has 0 N–H and O–H groups in total. The van der Waals surface area contributed by atoms with Gasteiger partial charge in [0.25, 0.3) is 5.91 Å². The van der Waals surface area contributed by atoms with Crippen LogP contribution in [-0.2, 0) is 0 Å². The molecule has 1 saturated heterocycles. The second-order valence-corrected chi connectivity index (χ2v) is 4.94. The molecule has 5 nitrogen and oxygen atoms in total. The molecule has 94 valence electrons. The third-order valence-corrected chi connectivity index (χ3v) is 3.45. The Morgan fingerprint density at radius 1 is 1.50 bits per heavy atom. The van der Waals surface area contributed by atoms with Crippen LogP contribution in [0.3, 0.4) is 0 Å². The Bertz CT molecular complexity index is 577. The van der Waals surface area contributed by atoms with Crippen molar-refractivity contribution in [1.82, 2.24) is 19.5 Å². The second kappa shape index (κ2) is 4.40. The van der Waals surface area contributed by atoms with Gasteiger partial charge in [0.05, 0.1) is 6.20 Å². The summed E-state index contributed by atoms with van der Waals surface area (Å²) >= 11 is 0. The van der Waals surface area contributed by atoms with Crippen LogP contribution in [0.5, 0.6) is 0 Å². The first-order valence-electron chi connectivity index (χ1n) is 6.33. The third-order valence-electron chi connectivity index (χ3n) is 3.45. The maximum Gasteiger partial charge on any atom is 0.259 e. The van der Waals surface area contributed by atoms with Crippen LogP contribution in [0.25, 0.3) is 5.65 Å². The van der Waals surface area contributed by atoms with Crippen LogP contribution in [0.4, 0.5) is 0 Å². The van der Waals surface area contributed by atoms with Gasteiger partial charge in [0, 0.05) is 25.5 Å². The summed E-state index contributed by atoms with van der Waals surface area (Å²) in [6.07, 6.45) is 7.39. The molecule has 0 radical (unpaired) electrons. The average molecular weight is 244 g/mol. The van der Waals surface area contributed by atoms with E-state index in [0.29, 0.717) is 17.1 Å². The number of amides is 1. The number of carbonyl (C=O) groups is 1. The van der Waals surface area contributed by atoms with E-state index in [1.165, 1.54) is 6.42 Å². The summed E-state index contributed by atoms with van der Waals surface area (Å²) in [6.45, 7) is 3.87. The van der Waals surface area contributed by atoms with Crippen LogP contribution < -0.4 is 0 Å². The van der Waals surface area contributed by atoms with Gasteiger partial charge in [0.15, 0.2) is 5.65 Å². The number of carbonyl (C=O) groups excluding carboxylic acids is 1. The van der Waals surface area contributed by atoms with E-state index < -0.39 is 0 Å². The first kappa shape index (κ1) is 11.2. The number of hydrogen-bond donors (Lipinski definition) is 0. The maximum absolute atomic E-state index is 12.5. The minimum Gasteiger partial charge on any atom is -0.338 e. The molecular formula is C13H16N4O. The number of likely N-dealkylation sites (tertiary alicyclic amines) is 1. The summed E-state index contributed by atoms with van der Waals surface area (Å²) in [4.78, 5) is 18.6. The lowest BCUT2D eigenvalue weighted by Crippen LogP contribution is -2.39. The molecule has 2 aromatic heterocycles. The summed E-state index contributed by atoms with van der Waals surface area (Å²) in [5, 5.41) is 4.16. The van der Waals surface area contributed by atoms with Gasteiger partial charge in [0.1, 0.15) is 5.56 Å². The fraction of sp³-hybridized carbons (Fsp3) is 0.462. The summed E-state index contributed by atoms with van der Waals surface area (Å²) in [5.74, 6) is 0.632. The molecule has 1 unspecified atom stereocenters. The molecule has 1 fully saturated rings. The van der Waals surface area contributed by atoms with Crippen LogP contribution in [-0.4, -0.2) is 38.5 Å². The molecule has 5 heteroatoms. The molecule has 0 spiro atoms. The molecule has 0 aromatic carbocycles. The van der Waals surface area contributed by atoms with Crippen molar-refractivity contribution in [2.75, 3.05) is 13.1 Å². The molecule has 1 atom stereocenters. The van der Waals surface area contributed by atoms with Crippen LogP contribution >= 0.6 is 0 Å². The monoisotopic (exact) mass is 244 g/mol. The van der Waals surface area contributed by atoms with Gasteiger partial charge in [-0.05, 0) is 24.8 Å². The molecule has 0 saturated carbocycles. The van der Waals surface area contributed by atoms with Crippen molar-refractivity contribution in [3.05, 3.63) is 30.2 Å². The number of nitrogens with zero attached hydrogens (tertiary/aromatic N) is 4. The van der Waals surface area contributed by atoms with Gasteiger partial charge >= 0.3 is 0 Å². The zero-order chi connectivity index (χ0) is 12.5. The summed E-state index contributed by atoms with van der Waals surface area (Å²) in [6, 6.07) is 1.80. The zero-order valence-electron chi connectivity index (χ0n) is 10.4. The lowest BCUT2D eigenvalue weighted by Gasteiger charge is -2.30. The predicted octanol–water partition coefficient (Wildman–Crippen LogP) is 1.60. The number of fused-ring (bicyclic) bond motifs is 1. The van der Waals surface area contributed by atoms with E-state index in [1.54, 1.807) is 29.2 Å². The van der Waals surface area contributed by atoms with Gasteiger partial charge in [-0.1, -0.05) is 6.92 Å². The van der Waals surface area contributed by atoms with E-state index in [-0.39, 0.29) is 5.91 Å². The van der Waals surface area contributed by atoms with E-state index in [1.807, 2.05) is 4.90 Å². The SMILES string of the molecule is CC1CCCN(C(=O)c2cnn3cccnc23)C1. The molecular weight excluding hydrogens is 228 g/mol. The topological polar surface area (TPSA) is 50.5 Å². The molecule has 3 heterocycles. The van der Waals surface area contributed by atoms with E-state index >= 15 is 0 Å². The Morgan fingerprint density at radius 2 is 2.39 bits per heavy atom. The van der Waals surface area contributed by atoms with E-state index in [9.17, 15) is 4.79 Å². The van der Waals surface area contributed by atoms with Gasteiger partial charge in [-0.15, -0.1) is 0 Å². The van der Waals surface area contributed by atoms with Crippen LogP contribution in [0.1, 0.15) is 30.1 Å². The Labute approximate surface area is 105 Å². The highest BCUT2D eigenvalue weighted by atomic mass is 16.2. The molecule has 1 aliphatic rings. The van der Waals surface area contributed by atoms with Gasteiger partial charge < -0.3 is 4.90 Å². The first-order valence-corrected chi connectivity index (χ1v) is 6.33. The minimum absolute atomic E-state index is 0.0512. The van der Waals surface area contributed by atoms with Crippen LogP contribution in [0.15, 0.2) is 24.7 Å². The van der Waals surface area contributed by atoms with Crippen molar-refractivity contribution in [3.8, 4) is 0 Å². The van der Waals surface area contributed by atoms with Crippen molar-refractivity contribution >= 4 is 11.6 Å². The number of aromatic nitrogens is 3. The van der Waals surface area contributed by atoms with E-state index in [4.69, 9.17) is 0 Å². The molecule has 18 heavy (non-hydrogen) atoms. The van der Waals surface area contributed by atoms with Gasteiger partial charge in [-0.3, -0.25) is 4.79 Å². The normalized spacial score (nSPS) is 20.3. The number of rotatable bonds is 1. The van der Waals surface area contributed by atoms with Gasteiger partial charge in [0.2, 0.25) is 0 Å². The van der Waals surface area contributed by atoms with Crippen LogP contribution in [0, 0.1) is 5.92 Å². The Balaban J connectivity index is 1.92. The standard InChI is InChI=1S/C13H16N4O/c1-10-4-2-6-16(9-10)13(18)11-8-15-17-7-3-5-14-12(11)17/h3,5,7-8,10H,2,4,6,9H2,1H3. The van der Waals surface area contributed by atoms with Crippen molar-refractivity contribution < 1.29 is 4.79 Å². The van der Waals surface area contributed by atoms with Gasteiger partial charge in [-0.2, -0.15) is 5.10 Å². The quantitative estimate of drug-likeness (QED) is 0.765. The maximum atomic E-state index is 12.5. The van der Waals surface area contributed by atoms with Gasteiger partial charge in [-0.25, -0.2) is 9.50 Å². The Hall–Kier alpha value is -1.91. The summed E-state index contributed by atoms with van der Waals surface area (Å²) in [5.41, 5.74) is 1.24. The van der Waals surface area contributed by atoms with Crippen molar-refractivity contribution in [1.29, 1.82) is 0 Å². The average Bonchev–Trinajstić information content (AvgIpc) is 2.82. The number of piperidine rings is 1. The minimum atomic E-state index is 0.0512. The van der Waals surface area contributed by atoms with Crippen molar-refractivity contribution in [3.63, 3.8) is 0 Å². The highest BCUT2D eigenvalue weighted by Crippen LogP contribution is 2.19. The van der Waals surface area contributed by atoms with Crippen LogP contribution in [0.2, 0.25) is 0 Å². The van der Waals surface area contributed by atoms with E-state index in [2.05, 4.69) is 17.0 Å². The smallest absolute Gasteiger partial charge is 0.259 e. The Morgan fingerprint density at radius 3 is 3.22 bits per heavy atom. The molecule has 1 amide bonds. The van der Waals surface area contributed by atoms with E-state index in [0.717, 1.165) is 19.5 Å². The summed E-state index contributed by atoms with van der Waals surface area (Å²) < 4.78 is 1.64. The zero-order valence-corrected chi connectivity index (χ0v) is 10.4. The number of hydrogen-bond acceptors (Lipinski definition) is 3. The molecule has 1 aliphatic heterocycles. The molecule has 0 aliphatic carbocycles. The highest BCUT2D eigenvalue weighted by molar-refractivity contribution is 5.99. The second-order valence-electron chi connectivity index (χ2n) is 4.94. The third kappa shape index (κ3) is 1.85. The molecule has 3 rings (SSSR count). The lowest BCUT2D eigenvalue weighted by atomic mass is 10.00. The summed E-state index contributed by atoms with van der Waals surface area (Å²) in [7, 11) is 0. The fourth-order valence-electron chi connectivity index (χ4n) is 2.52. The predicted molar refractivity (Wildman–Crippen MR) is 67.3 cm³/mol. The van der Waals surface area contributed by atoms with Crippen molar-refractivity contribution in [2.45, 2.75) is 19.8 Å². The fourth-order valence-corrected chi connectivity index (χ4v) is 2.52. The largest absolute Gasteiger partial charge is 0.338 e. The van der Waals surface area contributed by atoms with Crippen molar-refractivity contribution in [2.24, 2.45) is 5.92 Å². The lowest BCUT2D eigenvalue weighted by molar-refractivity contribution is 0.0685. The first-order chi connectivity index (χ1) is 8.75. The highest BCUT2D eigenvalue weighted by Gasteiger charge is 2.24. The molecule has 2 aromatic rings.